The molecule has 0 amide bonds. The molecule has 7 heteroatoms. The van der Waals surface area contributed by atoms with Crippen LogP contribution in [-0.4, -0.2) is 58.6 Å². The number of fused-ring (bicyclic) bond motifs is 1. The zero-order valence-electron chi connectivity index (χ0n) is 16.7. The molecular formula is C22H29FN2O4. The quantitative estimate of drug-likeness (QED) is 0.710. The smallest absolute Gasteiger partial charge is 0.165 e. The minimum absolute atomic E-state index is 0.0550. The van der Waals surface area contributed by atoms with E-state index in [2.05, 4.69) is 9.88 Å². The molecule has 1 unspecified atom stereocenters. The van der Waals surface area contributed by atoms with Gasteiger partial charge in [0.15, 0.2) is 11.6 Å². The number of phenols is 1. The van der Waals surface area contributed by atoms with Crippen LogP contribution < -0.4 is 4.74 Å². The summed E-state index contributed by atoms with van der Waals surface area (Å²) < 4.78 is 17.1. The van der Waals surface area contributed by atoms with E-state index in [0.717, 1.165) is 30.1 Å². The van der Waals surface area contributed by atoms with E-state index in [9.17, 15) is 14.6 Å². The number of ether oxygens (including phenoxy) is 1. The normalized spacial score (nSPS) is 21.9. The summed E-state index contributed by atoms with van der Waals surface area (Å²) in [4.78, 5) is 6.70. The first-order chi connectivity index (χ1) is 14.0. The van der Waals surface area contributed by atoms with E-state index in [4.69, 9.17) is 9.84 Å². The molecule has 2 heterocycles. The lowest BCUT2D eigenvalue weighted by Gasteiger charge is -2.22. The van der Waals surface area contributed by atoms with E-state index in [0.29, 0.717) is 5.75 Å². The van der Waals surface area contributed by atoms with Gasteiger partial charge in [0.1, 0.15) is 11.5 Å². The van der Waals surface area contributed by atoms with E-state index in [-0.39, 0.29) is 24.0 Å². The Labute approximate surface area is 170 Å². The topological polar surface area (TPSA) is 86.0 Å². The van der Waals surface area contributed by atoms with Crippen molar-refractivity contribution in [1.29, 1.82) is 0 Å². The van der Waals surface area contributed by atoms with Gasteiger partial charge in [0, 0.05) is 37.3 Å². The van der Waals surface area contributed by atoms with Crippen LogP contribution in [0.25, 0.3) is 0 Å². The van der Waals surface area contributed by atoms with Gasteiger partial charge in [-0.2, -0.15) is 0 Å². The lowest BCUT2D eigenvalue weighted by molar-refractivity contribution is 0.211. The predicted octanol–water partition coefficient (Wildman–Crippen LogP) is 3.13. The molecule has 2 aliphatic rings. The summed E-state index contributed by atoms with van der Waals surface area (Å²) in [6.45, 7) is 3.35. The van der Waals surface area contributed by atoms with Crippen LogP contribution in [0.15, 0.2) is 36.5 Å². The molecule has 0 spiro atoms. The van der Waals surface area contributed by atoms with Gasteiger partial charge in [-0.05, 0) is 48.9 Å². The number of hydrogen-bond donors (Lipinski definition) is 3. The Morgan fingerprint density at radius 1 is 1.17 bits per heavy atom. The zero-order chi connectivity index (χ0) is 20.8. The average Bonchev–Trinajstić information content (AvgIpc) is 3.31. The molecule has 1 aromatic heterocycles. The van der Waals surface area contributed by atoms with Gasteiger partial charge < -0.3 is 25.0 Å². The number of aromatic nitrogens is 1. The van der Waals surface area contributed by atoms with Crippen LogP contribution in [-0.2, 0) is 0 Å². The molecule has 0 bridgehead atoms. The monoisotopic (exact) mass is 404 g/mol. The molecule has 3 atom stereocenters. The SMILES string of the molecule is COc1ccc(F)c(O)c1.OCC(CN1C[C@H]2CCC[C@H]2C1)c1ccc(O)cn1. The number of benzene rings is 1. The van der Waals surface area contributed by atoms with Crippen molar-refractivity contribution in [3.63, 3.8) is 0 Å². The highest BCUT2D eigenvalue weighted by Crippen LogP contribution is 2.38. The number of aliphatic hydroxyl groups excluding tert-OH is 1. The standard InChI is InChI=1S/C15H22N2O2.C7H7FO2/c18-10-13(15-5-4-14(19)6-16-15)9-17-7-11-2-1-3-12(11)8-17;1-10-5-2-3-6(8)7(9)4-5/h4-6,11-13,18-19H,1-3,7-10H2;2-4,9H,1H3/t11-,12+,13?;. The Morgan fingerprint density at radius 2 is 1.90 bits per heavy atom. The summed E-state index contributed by atoms with van der Waals surface area (Å²) in [5, 5.41) is 27.6. The average molecular weight is 404 g/mol. The minimum Gasteiger partial charge on any atom is -0.506 e. The van der Waals surface area contributed by atoms with E-state index in [1.165, 1.54) is 57.8 Å². The molecule has 2 fully saturated rings. The summed E-state index contributed by atoms with van der Waals surface area (Å²) in [5.74, 6) is 1.41. The number of aromatic hydroxyl groups is 2. The molecule has 1 aliphatic carbocycles. The van der Waals surface area contributed by atoms with Crippen molar-refractivity contribution < 1.29 is 24.4 Å². The van der Waals surface area contributed by atoms with Gasteiger partial charge in [-0.1, -0.05) is 6.42 Å². The summed E-state index contributed by atoms with van der Waals surface area (Å²) in [5.41, 5.74) is 0.873. The number of likely N-dealkylation sites (tertiary alicyclic amines) is 1. The van der Waals surface area contributed by atoms with Crippen LogP contribution in [0.1, 0.15) is 30.9 Å². The molecule has 1 aromatic carbocycles. The highest BCUT2D eigenvalue weighted by atomic mass is 19.1. The van der Waals surface area contributed by atoms with Crippen molar-refractivity contribution in [1.82, 2.24) is 9.88 Å². The third kappa shape index (κ3) is 5.58. The number of halogens is 1. The van der Waals surface area contributed by atoms with Crippen molar-refractivity contribution in [3.8, 4) is 17.2 Å². The van der Waals surface area contributed by atoms with E-state index >= 15 is 0 Å². The molecule has 0 radical (unpaired) electrons. The van der Waals surface area contributed by atoms with Gasteiger partial charge in [-0.25, -0.2) is 4.39 Å². The highest BCUT2D eigenvalue weighted by molar-refractivity contribution is 5.33. The van der Waals surface area contributed by atoms with Crippen molar-refractivity contribution >= 4 is 0 Å². The zero-order valence-corrected chi connectivity index (χ0v) is 16.7. The van der Waals surface area contributed by atoms with E-state index < -0.39 is 5.82 Å². The predicted molar refractivity (Wildman–Crippen MR) is 108 cm³/mol. The van der Waals surface area contributed by atoms with Crippen LogP contribution in [0.3, 0.4) is 0 Å². The second kappa shape index (κ2) is 9.89. The van der Waals surface area contributed by atoms with E-state index in [1.807, 2.05) is 6.07 Å². The van der Waals surface area contributed by atoms with Gasteiger partial charge in [-0.3, -0.25) is 4.98 Å². The molecule has 1 saturated heterocycles. The van der Waals surface area contributed by atoms with Crippen LogP contribution in [0.2, 0.25) is 0 Å². The van der Waals surface area contributed by atoms with Crippen molar-refractivity contribution in [2.24, 2.45) is 11.8 Å². The van der Waals surface area contributed by atoms with Crippen LogP contribution in [0.5, 0.6) is 17.2 Å². The number of rotatable bonds is 5. The molecule has 1 saturated carbocycles. The minimum atomic E-state index is -0.638. The van der Waals surface area contributed by atoms with Gasteiger partial charge in [0.2, 0.25) is 0 Å². The van der Waals surface area contributed by atoms with Gasteiger partial charge >= 0.3 is 0 Å². The Hall–Kier alpha value is -2.38. The van der Waals surface area contributed by atoms with Gasteiger partial charge in [-0.15, -0.1) is 0 Å². The largest absolute Gasteiger partial charge is 0.506 e. The van der Waals surface area contributed by atoms with Crippen molar-refractivity contribution in [3.05, 3.63) is 48.0 Å². The lowest BCUT2D eigenvalue weighted by Crippen LogP contribution is -2.29. The molecular weight excluding hydrogens is 375 g/mol. The van der Waals surface area contributed by atoms with Crippen LogP contribution in [0, 0.1) is 17.7 Å². The first kappa shape index (κ1) is 21.3. The maximum absolute atomic E-state index is 12.3. The maximum atomic E-state index is 12.3. The highest BCUT2D eigenvalue weighted by Gasteiger charge is 2.36. The fourth-order valence-corrected chi connectivity index (χ4v) is 4.30. The Balaban J connectivity index is 0.000000204. The fraction of sp³-hybridized carbons (Fsp3) is 0.500. The van der Waals surface area contributed by atoms with Crippen LogP contribution in [0.4, 0.5) is 4.39 Å². The molecule has 6 nitrogen and oxygen atoms in total. The molecule has 2 aromatic rings. The second-order valence-corrected chi connectivity index (χ2v) is 7.81. The summed E-state index contributed by atoms with van der Waals surface area (Å²) in [7, 11) is 1.45. The molecule has 29 heavy (non-hydrogen) atoms. The van der Waals surface area contributed by atoms with Gasteiger partial charge in [0.25, 0.3) is 0 Å². The molecule has 1 aliphatic heterocycles. The Bertz CT molecular complexity index is 775. The number of aliphatic hydroxyl groups is 1. The summed E-state index contributed by atoms with van der Waals surface area (Å²) in [6, 6.07) is 7.26. The van der Waals surface area contributed by atoms with Crippen molar-refractivity contribution in [2.75, 3.05) is 33.4 Å². The lowest BCUT2D eigenvalue weighted by atomic mass is 10.0. The Kier molecular flexibility index (Phi) is 7.28. The third-order valence-electron chi connectivity index (χ3n) is 5.84. The molecule has 4 rings (SSSR count). The second-order valence-electron chi connectivity index (χ2n) is 7.81. The van der Waals surface area contributed by atoms with E-state index in [1.54, 1.807) is 6.07 Å². The first-order valence-electron chi connectivity index (χ1n) is 10.0. The fourth-order valence-electron chi connectivity index (χ4n) is 4.30. The summed E-state index contributed by atoms with van der Waals surface area (Å²) >= 11 is 0. The van der Waals surface area contributed by atoms with Crippen molar-refractivity contribution in [2.45, 2.75) is 25.2 Å². The number of phenolic OH excluding ortho intramolecular Hbond substituents is 1. The van der Waals surface area contributed by atoms with Gasteiger partial charge in [0.05, 0.1) is 19.9 Å². The first-order valence-corrected chi connectivity index (χ1v) is 10.0. The summed E-state index contributed by atoms with van der Waals surface area (Å²) in [6.07, 6.45) is 5.60. The molecule has 158 valence electrons. The number of pyridine rings is 1. The number of nitrogens with zero attached hydrogens (tertiary/aromatic N) is 2. The maximum Gasteiger partial charge on any atom is 0.165 e. The number of hydrogen-bond acceptors (Lipinski definition) is 6. The molecule has 3 N–H and O–H groups in total. The number of methoxy groups -OCH3 is 1. The third-order valence-corrected chi connectivity index (χ3v) is 5.84. The van der Waals surface area contributed by atoms with Crippen LogP contribution >= 0.6 is 0 Å². The Morgan fingerprint density at radius 3 is 2.45 bits per heavy atom.